The summed E-state index contributed by atoms with van der Waals surface area (Å²) in [6.45, 7) is 1.95. The van der Waals surface area contributed by atoms with Gasteiger partial charge in [0.25, 0.3) is 5.91 Å². The number of anilines is 1. The Kier molecular flexibility index (Phi) is 4.37. The third kappa shape index (κ3) is 3.28. The number of aromatic nitrogens is 2. The number of nitrogens with zero attached hydrogens (tertiary/aromatic N) is 2. The number of amides is 1. The van der Waals surface area contributed by atoms with E-state index >= 15 is 0 Å². The standard InChI is InChI=1S/C15H17N3O3/c1-4-13-12(9-18(2)17-13)14(19)16-11-7-5-10(6-8-11)15(20)21-3/h5-9H,4H2,1-3H3,(H,16,19). The summed E-state index contributed by atoms with van der Waals surface area (Å²) in [5.41, 5.74) is 2.35. The average molecular weight is 287 g/mol. The molecule has 6 heteroatoms. The van der Waals surface area contributed by atoms with Gasteiger partial charge in [0.15, 0.2) is 0 Å². The summed E-state index contributed by atoms with van der Waals surface area (Å²) in [5, 5.41) is 7.02. The summed E-state index contributed by atoms with van der Waals surface area (Å²) in [6.07, 6.45) is 2.38. The van der Waals surface area contributed by atoms with Crippen molar-refractivity contribution in [1.29, 1.82) is 0 Å². The van der Waals surface area contributed by atoms with Crippen molar-refractivity contribution in [2.75, 3.05) is 12.4 Å². The van der Waals surface area contributed by atoms with Gasteiger partial charge in [0.1, 0.15) is 0 Å². The lowest BCUT2D eigenvalue weighted by Crippen LogP contribution is -2.13. The molecular formula is C15H17N3O3. The van der Waals surface area contributed by atoms with Crippen LogP contribution in [0.2, 0.25) is 0 Å². The molecule has 21 heavy (non-hydrogen) atoms. The van der Waals surface area contributed by atoms with E-state index in [1.165, 1.54) is 7.11 Å². The van der Waals surface area contributed by atoms with Gasteiger partial charge >= 0.3 is 5.97 Å². The van der Waals surface area contributed by atoms with Crippen molar-refractivity contribution >= 4 is 17.6 Å². The first-order valence-corrected chi connectivity index (χ1v) is 6.57. The molecule has 1 heterocycles. The maximum absolute atomic E-state index is 12.2. The predicted molar refractivity (Wildman–Crippen MR) is 78.3 cm³/mol. The Morgan fingerprint density at radius 3 is 2.52 bits per heavy atom. The fourth-order valence-corrected chi connectivity index (χ4v) is 1.99. The molecule has 110 valence electrons. The van der Waals surface area contributed by atoms with E-state index in [2.05, 4.69) is 15.2 Å². The molecule has 1 N–H and O–H groups in total. The Morgan fingerprint density at radius 2 is 1.95 bits per heavy atom. The number of hydrogen-bond donors (Lipinski definition) is 1. The summed E-state index contributed by atoms with van der Waals surface area (Å²) >= 11 is 0. The maximum atomic E-state index is 12.2. The average Bonchev–Trinajstić information content (AvgIpc) is 2.88. The van der Waals surface area contributed by atoms with Gasteiger partial charge in [-0.25, -0.2) is 4.79 Å². The Labute approximate surface area is 122 Å². The molecule has 0 aliphatic carbocycles. The van der Waals surface area contributed by atoms with Crippen molar-refractivity contribution in [2.45, 2.75) is 13.3 Å². The normalized spacial score (nSPS) is 10.2. The van der Waals surface area contributed by atoms with Gasteiger partial charge < -0.3 is 10.1 Å². The molecule has 0 aliphatic heterocycles. The van der Waals surface area contributed by atoms with Crippen LogP contribution in [-0.2, 0) is 18.2 Å². The summed E-state index contributed by atoms with van der Waals surface area (Å²) < 4.78 is 6.24. The van der Waals surface area contributed by atoms with E-state index in [1.54, 1.807) is 42.2 Å². The Hall–Kier alpha value is -2.63. The Bertz CT molecular complexity index is 659. The highest BCUT2D eigenvalue weighted by Gasteiger charge is 2.14. The van der Waals surface area contributed by atoms with Gasteiger partial charge in [0, 0.05) is 18.9 Å². The quantitative estimate of drug-likeness (QED) is 0.873. The van der Waals surface area contributed by atoms with Gasteiger partial charge in [0.05, 0.1) is 23.9 Å². The largest absolute Gasteiger partial charge is 0.465 e. The fourth-order valence-electron chi connectivity index (χ4n) is 1.99. The third-order valence-electron chi connectivity index (χ3n) is 3.05. The van der Waals surface area contributed by atoms with E-state index in [9.17, 15) is 9.59 Å². The predicted octanol–water partition coefficient (Wildman–Crippen LogP) is 2.02. The van der Waals surface area contributed by atoms with Crippen LogP contribution in [0.25, 0.3) is 0 Å². The molecule has 0 saturated carbocycles. The molecule has 1 aromatic carbocycles. The van der Waals surface area contributed by atoms with Crippen molar-refractivity contribution in [2.24, 2.45) is 7.05 Å². The molecule has 0 bridgehead atoms. The highest BCUT2D eigenvalue weighted by atomic mass is 16.5. The number of esters is 1. The molecular weight excluding hydrogens is 270 g/mol. The van der Waals surface area contributed by atoms with Crippen LogP contribution in [0.5, 0.6) is 0 Å². The maximum Gasteiger partial charge on any atom is 0.337 e. The second kappa shape index (κ2) is 6.21. The zero-order valence-corrected chi connectivity index (χ0v) is 12.2. The lowest BCUT2D eigenvalue weighted by atomic mass is 10.1. The third-order valence-corrected chi connectivity index (χ3v) is 3.05. The molecule has 0 fully saturated rings. The SMILES string of the molecule is CCc1nn(C)cc1C(=O)Nc1ccc(C(=O)OC)cc1. The number of carbonyl (C=O) groups is 2. The number of hydrogen-bond acceptors (Lipinski definition) is 4. The number of ether oxygens (including phenoxy) is 1. The van der Waals surface area contributed by atoms with Crippen molar-refractivity contribution in [3.05, 3.63) is 47.3 Å². The number of carbonyl (C=O) groups excluding carboxylic acids is 2. The number of nitrogens with one attached hydrogen (secondary N) is 1. The molecule has 2 aromatic rings. The second-order valence-corrected chi connectivity index (χ2v) is 4.54. The van der Waals surface area contributed by atoms with Gasteiger partial charge in [-0.1, -0.05) is 6.92 Å². The summed E-state index contributed by atoms with van der Waals surface area (Å²) in [6, 6.07) is 6.52. The molecule has 0 radical (unpaired) electrons. The first-order valence-electron chi connectivity index (χ1n) is 6.57. The van der Waals surface area contributed by atoms with Crippen molar-refractivity contribution in [1.82, 2.24) is 9.78 Å². The van der Waals surface area contributed by atoms with Crippen molar-refractivity contribution in [3.63, 3.8) is 0 Å². The van der Waals surface area contributed by atoms with Gasteiger partial charge in [-0.15, -0.1) is 0 Å². The van der Waals surface area contributed by atoms with Crippen LogP contribution in [0, 0.1) is 0 Å². The minimum absolute atomic E-state index is 0.217. The van der Waals surface area contributed by atoms with Crippen molar-refractivity contribution < 1.29 is 14.3 Å². The highest BCUT2D eigenvalue weighted by Crippen LogP contribution is 2.14. The van der Waals surface area contributed by atoms with Crippen LogP contribution in [0.1, 0.15) is 33.3 Å². The van der Waals surface area contributed by atoms with Gasteiger partial charge in [-0.05, 0) is 30.7 Å². The lowest BCUT2D eigenvalue weighted by Gasteiger charge is -2.05. The number of rotatable bonds is 4. The van der Waals surface area contributed by atoms with Gasteiger partial charge in [0.2, 0.25) is 0 Å². The van der Waals surface area contributed by atoms with E-state index in [4.69, 9.17) is 0 Å². The smallest absolute Gasteiger partial charge is 0.337 e. The van der Waals surface area contributed by atoms with Gasteiger partial charge in [-0.3, -0.25) is 9.48 Å². The first-order chi connectivity index (χ1) is 10.0. The molecule has 1 amide bonds. The van der Waals surface area contributed by atoms with Crippen molar-refractivity contribution in [3.8, 4) is 0 Å². The molecule has 0 aliphatic rings. The topological polar surface area (TPSA) is 73.2 Å². The Balaban J connectivity index is 2.14. The number of benzene rings is 1. The van der Waals surface area contributed by atoms with Gasteiger partial charge in [-0.2, -0.15) is 5.10 Å². The molecule has 0 spiro atoms. The Morgan fingerprint density at radius 1 is 1.29 bits per heavy atom. The van der Waals surface area contributed by atoms with Crippen LogP contribution in [-0.4, -0.2) is 28.8 Å². The van der Waals surface area contributed by atoms with E-state index in [-0.39, 0.29) is 5.91 Å². The zero-order chi connectivity index (χ0) is 15.4. The van der Waals surface area contributed by atoms with Crippen LogP contribution < -0.4 is 5.32 Å². The monoisotopic (exact) mass is 287 g/mol. The van der Waals surface area contributed by atoms with E-state index < -0.39 is 5.97 Å². The van der Waals surface area contributed by atoms with E-state index in [0.29, 0.717) is 23.2 Å². The van der Waals surface area contributed by atoms with Crippen LogP contribution in [0.15, 0.2) is 30.5 Å². The molecule has 0 saturated heterocycles. The summed E-state index contributed by atoms with van der Waals surface area (Å²) in [4.78, 5) is 23.6. The molecule has 0 atom stereocenters. The minimum Gasteiger partial charge on any atom is -0.465 e. The summed E-state index contributed by atoms with van der Waals surface area (Å²) in [5.74, 6) is -0.626. The van der Waals surface area contributed by atoms with E-state index in [0.717, 1.165) is 5.69 Å². The second-order valence-electron chi connectivity index (χ2n) is 4.54. The molecule has 1 aromatic heterocycles. The highest BCUT2D eigenvalue weighted by molar-refractivity contribution is 6.05. The van der Waals surface area contributed by atoms with Crippen LogP contribution in [0.4, 0.5) is 5.69 Å². The fraction of sp³-hybridized carbons (Fsp3) is 0.267. The van der Waals surface area contributed by atoms with Crippen LogP contribution in [0.3, 0.4) is 0 Å². The number of aryl methyl sites for hydroxylation is 2. The molecule has 2 rings (SSSR count). The molecule has 0 unspecified atom stereocenters. The lowest BCUT2D eigenvalue weighted by molar-refractivity contribution is 0.0600. The first kappa shape index (κ1) is 14.8. The summed E-state index contributed by atoms with van der Waals surface area (Å²) in [7, 11) is 3.10. The minimum atomic E-state index is -0.409. The number of methoxy groups -OCH3 is 1. The molecule has 6 nitrogen and oxygen atoms in total. The van der Waals surface area contributed by atoms with Crippen LogP contribution >= 0.6 is 0 Å². The zero-order valence-electron chi connectivity index (χ0n) is 12.2. The van der Waals surface area contributed by atoms with E-state index in [1.807, 2.05) is 6.92 Å².